The molecular weight excluding hydrogens is 572 g/mol. The number of aryl methyl sites for hydroxylation is 1. The first kappa shape index (κ1) is 26.9. The fourth-order valence-electron chi connectivity index (χ4n) is 4.10. The minimum Gasteiger partial charge on any atom is -0.493 e. The molecule has 0 unspecified atom stereocenters. The number of ether oxygens (including phenoxy) is 2. The van der Waals surface area contributed by atoms with Gasteiger partial charge in [-0.15, -0.1) is 11.3 Å². The zero-order valence-electron chi connectivity index (χ0n) is 20.2. The molecule has 0 atom stereocenters. The number of hydrogen-bond acceptors (Lipinski definition) is 8. The number of fused-ring (bicyclic) bond motifs is 1. The Morgan fingerprint density at radius 1 is 1.24 bits per heavy atom. The van der Waals surface area contributed by atoms with Crippen LogP contribution in [0.3, 0.4) is 0 Å². The Morgan fingerprint density at radius 3 is 2.74 bits per heavy atom. The van der Waals surface area contributed by atoms with E-state index in [9.17, 15) is 25.4 Å². The smallest absolute Gasteiger partial charge is 0.269 e. The molecule has 1 aliphatic carbocycles. The van der Waals surface area contributed by atoms with Gasteiger partial charge >= 0.3 is 0 Å². The van der Waals surface area contributed by atoms with Crippen LogP contribution in [-0.4, -0.2) is 17.9 Å². The van der Waals surface area contributed by atoms with Crippen molar-refractivity contribution in [3.05, 3.63) is 83.7 Å². The second-order valence-corrected chi connectivity index (χ2v) is 10.4. The van der Waals surface area contributed by atoms with Gasteiger partial charge in [0.25, 0.3) is 11.6 Å². The molecule has 192 valence electrons. The number of nitro benzene ring substituents is 1. The van der Waals surface area contributed by atoms with E-state index in [-0.39, 0.29) is 17.9 Å². The summed E-state index contributed by atoms with van der Waals surface area (Å²) in [6.45, 7) is 0.0670. The molecule has 0 radical (unpaired) electrons. The number of nitro groups is 1. The number of carbonyl (C=O) groups is 1. The summed E-state index contributed by atoms with van der Waals surface area (Å²) in [6.07, 6.45) is 5.18. The van der Waals surface area contributed by atoms with Crippen LogP contribution in [0.2, 0.25) is 0 Å². The van der Waals surface area contributed by atoms with E-state index < -0.39 is 10.8 Å². The molecule has 38 heavy (non-hydrogen) atoms. The number of benzene rings is 2. The summed E-state index contributed by atoms with van der Waals surface area (Å²) in [5, 5.41) is 33.6. The largest absolute Gasteiger partial charge is 0.493 e. The lowest BCUT2D eigenvalue weighted by Crippen LogP contribution is -2.13. The first-order valence-electron chi connectivity index (χ1n) is 11.6. The molecule has 1 heterocycles. The fourth-order valence-corrected chi connectivity index (χ4v) is 5.77. The minimum atomic E-state index is -0.612. The lowest BCUT2D eigenvalue weighted by atomic mass is 9.96. The third-order valence-corrected chi connectivity index (χ3v) is 7.87. The topological polar surface area (TPSA) is 138 Å². The Bertz CT molecular complexity index is 1530. The summed E-state index contributed by atoms with van der Waals surface area (Å²) in [6, 6.07) is 13.5. The Kier molecular flexibility index (Phi) is 8.41. The summed E-state index contributed by atoms with van der Waals surface area (Å²) >= 11 is 4.84. The van der Waals surface area contributed by atoms with Crippen LogP contribution < -0.4 is 14.8 Å². The van der Waals surface area contributed by atoms with Crippen molar-refractivity contribution < 1.29 is 19.2 Å². The maximum absolute atomic E-state index is 13.0. The molecular formula is C27H21BrN4O5S. The number of nitrogens with one attached hydrogen (secondary N) is 1. The highest BCUT2D eigenvalue weighted by Gasteiger charge is 2.23. The Morgan fingerprint density at radius 2 is 2.03 bits per heavy atom. The summed E-state index contributed by atoms with van der Waals surface area (Å²) in [5.74, 6) is 0.105. The van der Waals surface area contributed by atoms with Crippen LogP contribution in [0, 0.1) is 32.8 Å². The third-order valence-electron chi connectivity index (χ3n) is 5.97. The highest BCUT2D eigenvalue weighted by Crippen LogP contribution is 2.38. The number of nitrogens with zero attached hydrogens (tertiary/aromatic N) is 3. The molecule has 0 bridgehead atoms. The molecule has 0 aliphatic heterocycles. The van der Waals surface area contributed by atoms with Gasteiger partial charge in [0.15, 0.2) is 11.5 Å². The molecule has 0 fully saturated rings. The van der Waals surface area contributed by atoms with Crippen molar-refractivity contribution in [3.63, 3.8) is 0 Å². The Labute approximate surface area is 231 Å². The second-order valence-electron chi connectivity index (χ2n) is 8.39. The fraction of sp³-hybridized carbons (Fsp3) is 0.222. The molecule has 2 aromatic carbocycles. The van der Waals surface area contributed by atoms with Gasteiger partial charge in [-0.2, -0.15) is 10.5 Å². The Balaban J connectivity index is 1.55. The van der Waals surface area contributed by atoms with Crippen LogP contribution in [0.1, 0.15) is 40.0 Å². The van der Waals surface area contributed by atoms with Gasteiger partial charge in [-0.25, -0.2) is 0 Å². The van der Waals surface area contributed by atoms with Crippen molar-refractivity contribution in [2.45, 2.75) is 32.3 Å². The van der Waals surface area contributed by atoms with Crippen LogP contribution >= 0.6 is 27.3 Å². The van der Waals surface area contributed by atoms with E-state index in [1.165, 1.54) is 36.7 Å². The van der Waals surface area contributed by atoms with Crippen molar-refractivity contribution in [3.8, 4) is 23.6 Å². The molecule has 4 rings (SSSR count). The molecule has 3 aromatic rings. The van der Waals surface area contributed by atoms with E-state index in [1.807, 2.05) is 6.07 Å². The number of hydrogen-bond donors (Lipinski definition) is 1. The van der Waals surface area contributed by atoms with Crippen LogP contribution in [0.25, 0.3) is 6.08 Å². The average Bonchev–Trinajstić information content (AvgIpc) is 3.28. The molecule has 0 saturated heterocycles. The van der Waals surface area contributed by atoms with E-state index in [1.54, 1.807) is 24.3 Å². The summed E-state index contributed by atoms with van der Waals surface area (Å²) < 4.78 is 11.8. The highest BCUT2D eigenvalue weighted by molar-refractivity contribution is 9.10. The third kappa shape index (κ3) is 5.86. The van der Waals surface area contributed by atoms with Crippen molar-refractivity contribution in [2.75, 3.05) is 12.4 Å². The quantitative estimate of drug-likeness (QED) is 0.140. The van der Waals surface area contributed by atoms with Gasteiger partial charge in [0.2, 0.25) is 0 Å². The molecule has 9 nitrogen and oxygen atoms in total. The number of nitriles is 2. The number of halogens is 1. The van der Waals surface area contributed by atoms with Crippen molar-refractivity contribution in [2.24, 2.45) is 0 Å². The van der Waals surface area contributed by atoms with E-state index in [0.717, 1.165) is 36.1 Å². The molecule has 1 N–H and O–H groups in total. The SMILES string of the molecule is COc1cc(/C=C(\C#N)C(=O)Nc2sc3c(c2C#N)CCCC3)c(Br)cc1OCc1cccc([N+](=O)[O-])c1. The van der Waals surface area contributed by atoms with Crippen molar-refractivity contribution in [1.82, 2.24) is 0 Å². The number of anilines is 1. The lowest BCUT2D eigenvalue weighted by molar-refractivity contribution is -0.384. The van der Waals surface area contributed by atoms with Crippen molar-refractivity contribution in [1.29, 1.82) is 10.5 Å². The monoisotopic (exact) mass is 592 g/mol. The number of non-ortho nitro benzene ring substituents is 1. The standard InChI is InChI=1S/C27H21BrN4O5S/c1-36-23-11-17(22(28)12-24(23)37-15-16-5-4-6-19(9-16)32(34)35)10-18(13-29)26(33)31-27-21(14-30)20-7-2-3-8-25(20)38-27/h4-6,9-12H,2-3,7-8,15H2,1H3,(H,31,33)/b18-10+. The maximum Gasteiger partial charge on any atom is 0.269 e. The van der Waals surface area contributed by atoms with Crippen molar-refractivity contribution >= 4 is 49.9 Å². The number of rotatable bonds is 8. The summed E-state index contributed by atoms with van der Waals surface area (Å²) in [7, 11) is 1.46. The van der Waals surface area contributed by atoms with E-state index in [2.05, 4.69) is 27.3 Å². The van der Waals surface area contributed by atoms with E-state index in [0.29, 0.717) is 37.7 Å². The molecule has 0 saturated carbocycles. The van der Waals surface area contributed by atoms with Gasteiger partial charge in [0, 0.05) is 21.5 Å². The number of thiophene rings is 1. The molecule has 0 spiro atoms. The normalized spacial score (nSPS) is 12.6. The highest BCUT2D eigenvalue weighted by atomic mass is 79.9. The predicted molar refractivity (Wildman–Crippen MR) is 146 cm³/mol. The second kappa shape index (κ2) is 11.9. The zero-order valence-corrected chi connectivity index (χ0v) is 22.6. The van der Waals surface area contributed by atoms with Gasteiger partial charge in [-0.05, 0) is 60.6 Å². The van der Waals surface area contributed by atoms with Crippen LogP contribution in [0.4, 0.5) is 10.7 Å². The van der Waals surface area contributed by atoms with Gasteiger partial charge in [-0.3, -0.25) is 14.9 Å². The molecule has 1 amide bonds. The van der Waals surface area contributed by atoms with Gasteiger partial charge in [0.1, 0.15) is 29.3 Å². The maximum atomic E-state index is 13.0. The van der Waals surface area contributed by atoms with Gasteiger partial charge in [0.05, 0.1) is 17.6 Å². The first-order chi connectivity index (χ1) is 18.3. The van der Waals surface area contributed by atoms with Crippen LogP contribution in [-0.2, 0) is 24.2 Å². The van der Waals surface area contributed by atoms with Crippen LogP contribution in [0.5, 0.6) is 11.5 Å². The zero-order chi connectivity index (χ0) is 27.2. The van der Waals surface area contributed by atoms with E-state index in [4.69, 9.17) is 9.47 Å². The number of methoxy groups -OCH3 is 1. The van der Waals surface area contributed by atoms with Crippen LogP contribution in [0.15, 0.2) is 46.4 Å². The molecule has 1 aliphatic rings. The number of carbonyl (C=O) groups excluding carboxylic acids is 1. The first-order valence-corrected chi connectivity index (χ1v) is 13.2. The van der Waals surface area contributed by atoms with Gasteiger partial charge in [-0.1, -0.05) is 28.1 Å². The summed E-state index contributed by atoms with van der Waals surface area (Å²) in [5.41, 5.74) is 2.40. The Hall–Kier alpha value is -4.19. The molecule has 11 heteroatoms. The minimum absolute atomic E-state index is 0.0355. The molecule has 1 aromatic heterocycles. The van der Waals surface area contributed by atoms with E-state index >= 15 is 0 Å². The predicted octanol–water partition coefficient (Wildman–Crippen LogP) is 6.30. The lowest BCUT2D eigenvalue weighted by Gasteiger charge is -2.13. The van der Waals surface area contributed by atoms with Gasteiger partial charge < -0.3 is 14.8 Å². The average molecular weight is 593 g/mol. The summed E-state index contributed by atoms with van der Waals surface area (Å²) in [4.78, 5) is 24.6. The number of amides is 1.